The lowest BCUT2D eigenvalue weighted by molar-refractivity contribution is -0.118. The molecule has 0 aromatic heterocycles. The highest BCUT2D eigenvalue weighted by atomic mass is 32.2. The second-order valence-corrected chi connectivity index (χ2v) is 10.4. The third kappa shape index (κ3) is 7.61. The Hall–Kier alpha value is -3.78. The average Bonchev–Trinajstić information content (AvgIpc) is 2.78. The normalized spacial score (nSPS) is 12.0. The summed E-state index contributed by atoms with van der Waals surface area (Å²) in [7, 11) is 0. The lowest BCUT2D eigenvalue weighted by atomic mass is 9.92. The van der Waals surface area contributed by atoms with Crippen molar-refractivity contribution in [3.05, 3.63) is 83.9 Å². The number of phenols is 1. The molecule has 182 valence electrons. The third-order valence-corrected chi connectivity index (χ3v) is 6.15. The van der Waals surface area contributed by atoms with E-state index in [4.69, 9.17) is 0 Å². The number of hydrogen-bond acceptors (Lipinski definition) is 5. The first-order valence-electron chi connectivity index (χ1n) is 11.0. The summed E-state index contributed by atoms with van der Waals surface area (Å²) < 4.78 is 0. The largest absolute Gasteiger partial charge is 0.507 e. The molecule has 8 heteroatoms. The fourth-order valence-electron chi connectivity index (χ4n) is 3.36. The maximum absolute atomic E-state index is 13.3. The van der Waals surface area contributed by atoms with Crippen molar-refractivity contribution in [3.8, 4) is 5.75 Å². The van der Waals surface area contributed by atoms with E-state index in [2.05, 4.69) is 10.6 Å². The van der Waals surface area contributed by atoms with E-state index in [1.807, 2.05) is 69.3 Å². The van der Waals surface area contributed by atoms with Gasteiger partial charge in [-0.05, 0) is 47.4 Å². The van der Waals surface area contributed by atoms with E-state index in [9.17, 15) is 24.6 Å². The molecule has 0 saturated heterocycles. The minimum atomic E-state index is -1.29. The number of rotatable bonds is 8. The van der Waals surface area contributed by atoms with Crippen LogP contribution < -0.4 is 10.6 Å². The van der Waals surface area contributed by atoms with Gasteiger partial charge in [-0.25, -0.2) is 4.79 Å². The highest BCUT2D eigenvalue weighted by molar-refractivity contribution is 8.00. The van der Waals surface area contributed by atoms with Gasteiger partial charge in [-0.3, -0.25) is 9.59 Å². The van der Waals surface area contributed by atoms with Crippen molar-refractivity contribution in [1.82, 2.24) is 0 Å². The van der Waals surface area contributed by atoms with Crippen molar-refractivity contribution >= 4 is 40.9 Å². The van der Waals surface area contributed by atoms with Gasteiger partial charge < -0.3 is 20.8 Å². The lowest BCUT2D eigenvalue weighted by Crippen LogP contribution is -2.20. The van der Waals surface area contributed by atoms with Crippen LogP contribution in [0.3, 0.4) is 0 Å². The minimum Gasteiger partial charge on any atom is -0.507 e. The molecule has 0 saturated carbocycles. The molecule has 2 amide bonds. The van der Waals surface area contributed by atoms with Gasteiger partial charge in [0.2, 0.25) is 11.8 Å². The monoisotopic (exact) mass is 492 g/mol. The molecule has 0 heterocycles. The van der Waals surface area contributed by atoms with Crippen LogP contribution in [0.15, 0.2) is 77.7 Å². The molecule has 0 fully saturated rings. The van der Waals surface area contributed by atoms with Gasteiger partial charge in [0.25, 0.3) is 0 Å². The van der Waals surface area contributed by atoms with Gasteiger partial charge >= 0.3 is 5.97 Å². The Morgan fingerprint density at radius 1 is 0.886 bits per heavy atom. The number of benzene rings is 3. The Balaban J connectivity index is 1.83. The Morgan fingerprint density at radius 2 is 1.57 bits per heavy atom. The number of anilines is 2. The average molecular weight is 493 g/mol. The first kappa shape index (κ1) is 25.8. The number of thioether (sulfide) groups is 1. The zero-order valence-electron chi connectivity index (χ0n) is 19.7. The summed E-state index contributed by atoms with van der Waals surface area (Å²) >= 11 is 1.31. The second kappa shape index (κ2) is 11.1. The summed E-state index contributed by atoms with van der Waals surface area (Å²) in [5.74, 6) is -2.11. The van der Waals surface area contributed by atoms with Crippen molar-refractivity contribution in [1.29, 1.82) is 0 Å². The van der Waals surface area contributed by atoms with Crippen LogP contribution in [0.4, 0.5) is 11.4 Å². The van der Waals surface area contributed by atoms with Crippen LogP contribution in [0.1, 0.15) is 48.4 Å². The molecule has 0 aliphatic carbocycles. The SMILES string of the molecule is CC(C)(C)CC(=O)Nc1cccc(SC(C(=O)Nc2ccc(O)c(C(=O)O)c2)c2ccccc2)c1. The molecule has 3 aromatic rings. The first-order chi connectivity index (χ1) is 16.5. The number of nitrogens with one attached hydrogen (secondary N) is 2. The van der Waals surface area contributed by atoms with Gasteiger partial charge in [0.15, 0.2) is 0 Å². The van der Waals surface area contributed by atoms with Crippen LogP contribution >= 0.6 is 11.8 Å². The van der Waals surface area contributed by atoms with Crippen molar-refractivity contribution < 1.29 is 24.6 Å². The van der Waals surface area contributed by atoms with E-state index >= 15 is 0 Å². The van der Waals surface area contributed by atoms with Crippen LogP contribution in [0.2, 0.25) is 0 Å². The summed E-state index contributed by atoms with van der Waals surface area (Å²) in [4.78, 5) is 37.8. The molecule has 7 nitrogen and oxygen atoms in total. The standard InChI is InChI=1S/C27H28N2O5S/c1-27(2,3)16-23(31)28-18-10-7-11-20(14-18)35-24(17-8-5-4-6-9-17)25(32)29-19-12-13-22(30)21(15-19)26(33)34/h4-15,24,30H,16H2,1-3H3,(H,28,31)(H,29,32)(H,33,34). The molecule has 0 radical (unpaired) electrons. The molecule has 0 aliphatic heterocycles. The number of aromatic carboxylic acids is 1. The molecule has 1 atom stereocenters. The topological polar surface area (TPSA) is 116 Å². The highest BCUT2D eigenvalue weighted by Crippen LogP contribution is 2.37. The smallest absolute Gasteiger partial charge is 0.339 e. The van der Waals surface area contributed by atoms with Gasteiger partial charge in [0, 0.05) is 22.7 Å². The Morgan fingerprint density at radius 3 is 2.23 bits per heavy atom. The van der Waals surface area contributed by atoms with Crippen molar-refractivity contribution in [2.45, 2.75) is 37.3 Å². The summed E-state index contributed by atoms with van der Waals surface area (Å²) in [5.41, 5.74) is 1.22. The number of hydrogen-bond donors (Lipinski definition) is 4. The molecule has 3 rings (SSSR count). The summed E-state index contributed by atoms with van der Waals surface area (Å²) in [6.45, 7) is 5.99. The van der Waals surface area contributed by atoms with E-state index in [1.165, 1.54) is 30.0 Å². The lowest BCUT2D eigenvalue weighted by Gasteiger charge is -2.19. The summed E-state index contributed by atoms with van der Waals surface area (Å²) in [6, 6.07) is 20.4. The van der Waals surface area contributed by atoms with Gasteiger partial charge in [-0.15, -0.1) is 11.8 Å². The van der Waals surface area contributed by atoms with Crippen LogP contribution in [0.5, 0.6) is 5.75 Å². The zero-order valence-corrected chi connectivity index (χ0v) is 20.6. The number of carboxylic acid groups (broad SMARTS) is 1. The van der Waals surface area contributed by atoms with Crippen molar-refractivity contribution in [3.63, 3.8) is 0 Å². The van der Waals surface area contributed by atoms with Crippen molar-refractivity contribution in [2.24, 2.45) is 5.41 Å². The molecule has 35 heavy (non-hydrogen) atoms. The van der Waals surface area contributed by atoms with Crippen molar-refractivity contribution in [2.75, 3.05) is 10.6 Å². The zero-order chi connectivity index (χ0) is 25.6. The summed E-state index contributed by atoms with van der Waals surface area (Å²) in [6.07, 6.45) is 0.379. The van der Waals surface area contributed by atoms with Crippen LogP contribution in [0.25, 0.3) is 0 Å². The maximum atomic E-state index is 13.3. The van der Waals surface area contributed by atoms with Crippen LogP contribution in [-0.4, -0.2) is 28.0 Å². The Labute approximate surface area is 208 Å². The minimum absolute atomic E-state index is 0.0847. The fourth-order valence-corrected chi connectivity index (χ4v) is 4.45. The molecule has 0 bridgehead atoms. The van der Waals surface area contributed by atoms with Gasteiger partial charge in [-0.1, -0.05) is 57.2 Å². The predicted molar refractivity (Wildman–Crippen MR) is 138 cm³/mol. The van der Waals surface area contributed by atoms with Gasteiger partial charge in [0.1, 0.15) is 16.6 Å². The van der Waals surface area contributed by atoms with Gasteiger partial charge in [-0.2, -0.15) is 0 Å². The van der Waals surface area contributed by atoms with Crippen LogP contribution in [0, 0.1) is 5.41 Å². The molecule has 4 N–H and O–H groups in total. The Bertz CT molecular complexity index is 1220. The van der Waals surface area contributed by atoms with E-state index in [0.29, 0.717) is 12.1 Å². The first-order valence-corrected chi connectivity index (χ1v) is 11.9. The summed E-state index contributed by atoms with van der Waals surface area (Å²) in [5, 5.41) is 24.0. The second-order valence-electron chi connectivity index (χ2n) is 9.25. The number of carboxylic acids is 1. The highest BCUT2D eigenvalue weighted by Gasteiger charge is 2.23. The molecular formula is C27H28N2O5S. The Kier molecular flexibility index (Phi) is 8.19. The van der Waals surface area contributed by atoms with Gasteiger partial charge in [0.05, 0.1) is 0 Å². The number of carbonyl (C=O) groups is 3. The van der Waals surface area contributed by atoms with E-state index < -0.39 is 11.2 Å². The quantitative estimate of drug-likeness (QED) is 0.229. The number of carbonyl (C=O) groups excluding carboxylic acids is 2. The van der Waals surface area contributed by atoms with E-state index in [0.717, 1.165) is 10.5 Å². The van der Waals surface area contributed by atoms with Crippen LogP contribution in [-0.2, 0) is 9.59 Å². The number of aromatic hydroxyl groups is 1. The molecule has 1 unspecified atom stereocenters. The maximum Gasteiger partial charge on any atom is 0.339 e. The van der Waals surface area contributed by atoms with E-state index in [1.54, 1.807) is 6.07 Å². The third-order valence-electron chi connectivity index (χ3n) is 4.90. The van der Waals surface area contributed by atoms with E-state index in [-0.39, 0.29) is 34.2 Å². The predicted octanol–water partition coefficient (Wildman–Crippen LogP) is 5.94. The molecule has 0 spiro atoms. The molecule has 3 aromatic carbocycles. The molecule has 0 aliphatic rings. The fraction of sp³-hybridized carbons (Fsp3) is 0.222. The molecular weight excluding hydrogens is 464 g/mol. The number of amides is 2.